The van der Waals surface area contributed by atoms with Gasteiger partial charge in [0.05, 0.1) is 5.54 Å². The predicted octanol–water partition coefficient (Wildman–Crippen LogP) is 10.6. The Hall–Kier alpha value is 1.65. The first kappa shape index (κ1) is 34.8. The minimum absolute atomic E-state index is 0.389. The molecular formula is C25H54AlCl4N. The molecule has 0 aromatic rings. The summed E-state index contributed by atoms with van der Waals surface area (Å²) >= 11 is 0. The summed E-state index contributed by atoms with van der Waals surface area (Å²) in [6, 6.07) is 0. The van der Waals surface area contributed by atoms with Crippen LogP contribution >= 0.6 is 40.2 Å². The topological polar surface area (TPSA) is 27.6 Å². The summed E-state index contributed by atoms with van der Waals surface area (Å²) in [6.45, 7) is 6.92. The van der Waals surface area contributed by atoms with Crippen molar-refractivity contribution in [2.45, 2.75) is 161 Å². The third-order valence-electron chi connectivity index (χ3n) is 6.18. The minimum atomic E-state index is -2.94. The molecule has 0 fully saturated rings. The Morgan fingerprint density at radius 3 is 0.871 bits per heavy atom. The van der Waals surface area contributed by atoms with Gasteiger partial charge in [-0.25, -0.2) is 0 Å². The molecule has 0 aliphatic rings. The van der Waals surface area contributed by atoms with E-state index in [1.54, 1.807) is 0 Å². The molecule has 0 atom stereocenters. The van der Waals surface area contributed by atoms with Gasteiger partial charge in [-0.15, -0.1) is 0 Å². The second-order valence-electron chi connectivity index (χ2n) is 9.55. The summed E-state index contributed by atoms with van der Waals surface area (Å²) in [5.41, 5.74) is 5.16. The van der Waals surface area contributed by atoms with E-state index in [0.717, 1.165) is 0 Å². The van der Waals surface area contributed by atoms with Crippen molar-refractivity contribution < 1.29 is 5.73 Å². The first-order valence-corrected chi connectivity index (χ1v) is 20.4. The highest BCUT2D eigenvalue weighted by Crippen LogP contribution is 2.25. The Morgan fingerprint density at radius 1 is 0.452 bits per heavy atom. The monoisotopic (exact) mass is 535 g/mol. The van der Waals surface area contributed by atoms with Gasteiger partial charge in [0.1, 0.15) is 0 Å². The number of rotatable bonds is 21. The molecule has 0 spiro atoms. The lowest BCUT2D eigenvalue weighted by Crippen LogP contribution is -2.72. The maximum absolute atomic E-state index is 4.99. The van der Waals surface area contributed by atoms with Crippen LogP contribution in [0.15, 0.2) is 0 Å². The van der Waals surface area contributed by atoms with Gasteiger partial charge < -0.3 is 45.9 Å². The molecule has 0 heterocycles. The fraction of sp³-hybridized carbons (Fsp3) is 1.00. The first-order chi connectivity index (χ1) is 14.7. The number of hydrogen-bond donors (Lipinski definition) is 1. The zero-order valence-corrected chi connectivity index (χ0v) is 25.3. The van der Waals surface area contributed by atoms with Crippen molar-refractivity contribution in [3.05, 3.63) is 0 Å². The van der Waals surface area contributed by atoms with E-state index in [4.69, 9.17) is 45.9 Å². The minimum Gasteiger partial charge on any atom is -0.391 e. The highest BCUT2D eigenvalue weighted by atomic mass is 35.9. The standard InChI is InChI=1S/C25H53N.Al.4ClH/c1-4-7-10-13-16-19-22-25(26,23-20-17-14-11-8-5-2)24-21-18-15-12-9-6-3;;;;;/h4-24,26H2,1-3H3;;4*1H/q;+3;;;;/p-3. The van der Waals surface area contributed by atoms with E-state index in [2.05, 4.69) is 20.8 Å². The Kier molecular flexibility index (Phi) is 27.8. The molecule has 0 bridgehead atoms. The van der Waals surface area contributed by atoms with Crippen LogP contribution in [0.1, 0.15) is 156 Å². The van der Waals surface area contributed by atoms with E-state index in [-0.39, 0.29) is 0 Å². The molecular weight excluding hydrogens is 483 g/mol. The van der Waals surface area contributed by atoms with Crippen molar-refractivity contribution in [2.24, 2.45) is 0 Å². The van der Waals surface area contributed by atoms with Crippen LogP contribution in [0.2, 0.25) is 0 Å². The van der Waals surface area contributed by atoms with Crippen LogP contribution < -0.4 is 5.73 Å². The molecule has 0 unspecified atom stereocenters. The second-order valence-corrected chi connectivity index (χ2v) is 22.4. The van der Waals surface area contributed by atoms with Gasteiger partial charge in [0.2, 0.25) is 0 Å². The molecule has 0 radical (unpaired) electrons. The lowest BCUT2D eigenvalue weighted by atomic mass is 9.82. The molecule has 0 rings (SSSR count). The van der Waals surface area contributed by atoms with Crippen molar-refractivity contribution in [2.75, 3.05) is 0 Å². The summed E-state index contributed by atoms with van der Waals surface area (Å²) in [7, 11) is 17.0. The van der Waals surface area contributed by atoms with Gasteiger partial charge in [0.15, 0.2) is 0 Å². The largest absolute Gasteiger partial charge is 0.564 e. The molecule has 0 aliphatic heterocycles. The normalized spacial score (nSPS) is 12.0. The van der Waals surface area contributed by atoms with Gasteiger partial charge in [-0.2, -0.15) is 0 Å². The van der Waals surface area contributed by atoms with Crippen molar-refractivity contribution in [1.29, 1.82) is 0 Å². The summed E-state index contributed by atoms with van der Waals surface area (Å²) in [5, 5.41) is 0. The number of unbranched alkanes of at least 4 members (excludes halogenated alkanes) is 15. The molecule has 0 amide bonds. The third-order valence-corrected chi connectivity index (χ3v) is 6.18. The smallest absolute Gasteiger partial charge is 0.391 e. The molecule has 6 heteroatoms. The van der Waals surface area contributed by atoms with Crippen molar-refractivity contribution in [3.8, 4) is 0 Å². The predicted molar refractivity (Wildman–Crippen MR) is 149 cm³/mol. The van der Waals surface area contributed by atoms with Crippen LogP contribution in [0.25, 0.3) is 0 Å². The van der Waals surface area contributed by atoms with Gasteiger partial charge in [-0.3, -0.25) is 0 Å². The van der Waals surface area contributed by atoms with E-state index >= 15 is 0 Å². The molecule has 1 nitrogen and oxygen atoms in total. The molecule has 0 aromatic heterocycles. The SMILES string of the molecule is CCCCCCCCC([NH3+])(CCCCCCCC)CCCCCCCC.[Cl][Al-]([Cl])([Cl])[Cl]. The Labute approximate surface area is 215 Å². The van der Waals surface area contributed by atoms with Crippen LogP contribution in [-0.4, -0.2) is 14.9 Å². The van der Waals surface area contributed by atoms with Crippen molar-refractivity contribution in [3.63, 3.8) is 0 Å². The van der Waals surface area contributed by atoms with Crippen molar-refractivity contribution >= 4 is 49.6 Å². The van der Waals surface area contributed by atoms with E-state index in [1.807, 2.05) is 0 Å². The average molecular weight is 538 g/mol. The zero-order valence-electron chi connectivity index (χ0n) is 21.1. The quantitative estimate of drug-likeness (QED) is 0.111. The third kappa shape index (κ3) is 33.9. The van der Waals surface area contributed by atoms with Crippen LogP contribution in [0.4, 0.5) is 0 Å². The van der Waals surface area contributed by atoms with Gasteiger partial charge in [0.25, 0.3) is 0 Å². The summed E-state index contributed by atoms with van der Waals surface area (Å²) < 4.78 is 0. The second kappa shape index (κ2) is 24.8. The van der Waals surface area contributed by atoms with Crippen molar-refractivity contribution in [1.82, 2.24) is 0 Å². The summed E-state index contributed by atoms with van der Waals surface area (Å²) in [6.07, 6.45) is 29.7. The van der Waals surface area contributed by atoms with Crippen LogP contribution in [0.5, 0.6) is 0 Å². The number of quaternary nitrogens is 1. The molecule has 0 saturated heterocycles. The molecule has 0 aliphatic carbocycles. The van der Waals surface area contributed by atoms with E-state index < -0.39 is 9.39 Å². The number of halogens is 4. The van der Waals surface area contributed by atoms with Crippen LogP contribution in [0, 0.1) is 0 Å². The average Bonchev–Trinajstić information content (AvgIpc) is 2.69. The Bertz CT molecular complexity index is 304. The van der Waals surface area contributed by atoms with Crippen LogP contribution in [0.3, 0.4) is 0 Å². The van der Waals surface area contributed by atoms with E-state index in [9.17, 15) is 0 Å². The highest BCUT2D eigenvalue weighted by molar-refractivity contribution is 7.81. The number of hydrogen-bond acceptors (Lipinski definition) is 0. The summed E-state index contributed by atoms with van der Waals surface area (Å²) in [4.78, 5) is 0. The van der Waals surface area contributed by atoms with Gasteiger partial charge in [-0.05, 0) is 19.3 Å². The van der Waals surface area contributed by atoms with Gasteiger partial charge >= 0.3 is 9.39 Å². The van der Waals surface area contributed by atoms with Gasteiger partial charge in [0, 0.05) is 19.3 Å². The molecule has 31 heavy (non-hydrogen) atoms. The van der Waals surface area contributed by atoms with E-state index in [1.165, 1.54) is 135 Å². The zero-order chi connectivity index (χ0) is 23.8. The lowest BCUT2D eigenvalue weighted by molar-refractivity contribution is -0.484. The van der Waals surface area contributed by atoms with Gasteiger partial charge in [-0.1, -0.05) is 117 Å². The van der Waals surface area contributed by atoms with E-state index in [0.29, 0.717) is 5.54 Å². The maximum atomic E-state index is 4.99. The molecule has 3 N–H and O–H groups in total. The first-order valence-electron chi connectivity index (χ1n) is 13.4. The summed E-state index contributed by atoms with van der Waals surface area (Å²) in [5.74, 6) is 0. The Balaban J connectivity index is 0. The Morgan fingerprint density at radius 2 is 0.645 bits per heavy atom. The lowest BCUT2D eigenvalue weighted by Gasteiger charge is -2.26. The fourth-order valence-electron chi connectivity index (χ4n) is 4.22. The van der Waals surface area contributed by atoms with Crippen LogP contribution in [-0.2, 0) is 0 Å². The molecule has 0 saturated carbocycles. The molecule has 190 valence electrons. The highest BCUT2D eigenvalue weighted by Gasteiger charge is 2.27. The fourth-order valence-corrected chi connectivity index (χ4v) is 4.22. The molecule has 0 aromatic carbocycles. The maximum Gasteiger partial charge on any atom is 0.564 e.